The van der Waals surface area contributed by atoms with Crippen LogP contribution in [-0.2, 0) is 0 Å². The zero-order valence-electron chi connectivity index (χ0n) is 7.96. The van der Waals surface area contributed by atoms with Crippen LogP contribution < -0.4 is 5.32 Å². The molecule has 0 amide bonds. The molecule has 80 valence electrons. The normalized spacial score (nSPS) is 11.2. The van der Waals surface area contributed by atoms with E-state index in [1.807, 2.05) is 7.05 Å². The maximum atomic E-state index is 3.58. The first-order chi connectivity index (χ1) is 7.24. The standard InChI is InChI=1S/C10H9Br2NS2/c1-13-8(9-6(11)2-4-14-9)10-7(12)3-5-15-10/h2-5,8,13H,1H3. The summed E-state index contributed by atoms with van der Waals surface area (Å²) in [5, 5.41) is 7.55. The Morgan fingerprint density at radius 1 is 1.07 bits per heavy atom. The van der Waals surface area contributed by atoms with Crippen LogP contribution in [0.5, 0.6) is 0 Å². The highest BCUT2D eigenvalue weighted by Crippen LogP contribution is 2.38. The number of hydrogen-bond acceptors (Lipinski definition) is 3. The lowest BCUT2D eigenvalue weighted by Gasteiger charge is -2.14. The van der Waals surface area contributed by atoms with Crippen LogP contribution in [0, 0.1) is 0 Å². The van der Waals surface area contributed by atoms with E-state index >= 15 is 0 Å². The van der Waals surface area contributed by atoms with Crippen molar-refractivity contribution in [2.45, 2.75) is 6.04 Å². The second kappa shape index (κ2) is 5.10. The Morgan fingerprint density at radius 2 is 1.53 bits per heavy atom. The summed E-state index contributed by atoms with van der Waals surface area (Å²) < 4.78 is 2.35. The second-order valence-corrected chi connectivity index (χ2v) is 6.59. The molecule has 1 nitrogen and oxygen atoms in total. The molecule has 0 unspecified atom stereocenters. The number of thiophene rings is 2. The van der Waals surface area contributed by atoms with Crippen LogP contribution in [-0.4, -0.2) is 7.05 Å². The Balaban J connectivity index is 2.41. The van der Waals surface area contributed by atoms with Crippen molar-refractivity contribution in [3.63, 3.8) is 0 Å². The first kappa shape index (κ1) is 11.8. The Hall–Kier alpha value is 0.320. The fourth-order valence-corrected chi connectivity index (χ4v) is 4.92. The lowest BCUT2D eigenvalue weighted by atomic mass is 10.2. The summed E-state index contributed by atoms with van der Waals surface area (Å²) in [5.41, 5.74) is 0. The topological polar surface area (TPSA) is 12.0 Å². The van der Waals surface area contributed by atoms with Crippen molar-refractivity contribution >= 4 is 54.5 Å². The summed E-state index contributed by atoms with van der Waals surface area (Å²) in [6.07, 6.45) is 0. The summed E-state index contributed by atoms with van der Waals surface area (Å²) in [6, 6.07) is 4.45. The number of nitrogens with one attached hydrogen (secondary N) is 1. The Morgan fingerprint density at radius 3 is 1.80 bits per heavy atom. The molecule has 5 heteroatoms. The fourth-order valence-electron chi connectivity index (χ4n) is 1.40. The van der Waals surface area contributed by atoms with E-state index in [1.165, 1.54) is 18.7 Å². The van der Waals surface area contributed by atoms with Crippen LogP contribution in [0.4, 0.5) is 0 Å². The van der Waals surface area contributed by atoms with E-state index in [9.17, 15) is 0 Å². The maximum Gasteiger partial charge on any atom is 0.0785 e. The van der Waals surface area contributed by atoms with Crippen LogP contribution in [0.1, 0.15) is 15.8 Å². The molecule has 1 N–H and O–H groups in total. The minimum absolute atomic E-state index is 0.272. The zero-order valence-corrected chi connectivity index (χ0v) is 12.8. The van der Waals surface area contributed by atoms with E-state index in [2.05, 4.69) is 60.1 Å². The quantitative estimate of drug-likeness (QED) is 0.833. The van der Waals surface area contributed by atoms with E-state index < -0.39 is 0 Å². The summed E-state index contributed by atoms with van der Waals surface area (Å²) in [5.74, 6) is 0. The molecule has 2 aromatic rings. The van der Waals surface area contributed by atoms with Crippen molar-refractivity contribution in [2.75, 3.05) is 7.05 Å². The van der Waals surface area contributed by atoms with Crippen molar-refractivity contribution in [1.82, 2.24) is 5.32 Å². The molecule has 0 bridgehead atoms. The van der Waals surface area contributed by atoms with Gasteiger partial charge in [0.25, 0.3) is 0 Å². The molecule has 0 spiro atoms. The van der Waals surface area contributed by atoms with Crippen LogP contribution in [0.2, 0.25) is 0 Å². The number of rotatable bonds is 3. The largest absolute Gasteiger partial charge is 0.308 e. The average molecular weight is 367 g/mol. The van der Waals surface area contributed by atoms with Crippen LogP contribution in [0.15, 0.2) is 31.8 Å². The Bertz CT molecular complexity index is 409. The van der Waals surface area contributed by atoms with E-state index in [0.717, 1.165) is 0 Å². The fraction of sp³-hybridized carbons (Fsp3) is 0.200. The molecular formula is C10H9Br2NS2. The smallest absolute Gasteiger partial charge is 0.0785 e. The molecule has 0 atom stereocenters. The lowest BCUT2D eigenvalue weighted by Crippen LogP contribution is -2.15. The van der Waals surface area contributed by atoms with E-state index in [1.54, 1.807) is 22.7 Å². The van der Waals surface area contributed by atoms with Gasteiger partial charge >= 0.3 is 0 Å². The minimum atomic E-state index is 0.272. The SMILES string of the molecule is CNC(c1sccc1Br)c1sccc1Br. The lowest BCUT2D eigenvalue weighted by molar-refractivity contribution is 0.711. The van der Waals surface area contributed by atoms with Gasteiger partial charge in [-0.05, 0) is 61.8 Å². The molecule has 2 heterocycles. The predicted molar refractivity (Wildman–Crippen MR) is 74.9 cm³/mol. The molecule has 2 rings (SSSR count). The van der Waals surface area contributed by atoms with E-state index in [4.69, 9.17) is 0 Å². The molecule has 0 saturated heterocycles. The minimum Gasteiger partial charge on any atom is -0.308 e. The summed E-state index contributed by atoms with van der Waals surface area (Å²) >= 11 is 10.7. The summed E-state index contributed by atoms with van der Waals surface area (Å²) in [4.78, 5) is 2.64. The van der Waals surface area contributed by atoms with Gasteiger partial charge < -0.3 is 5.32 Å². The Labute approximate surface area is 114 Å². The molecule has 0 aliphatic rings. The highest BCUT2D eigenvalue weighted by Gasteiger charge is 2.19. The van der Waals surface area contributed by atoms with Crippen molar-refractivity contribution in [3.8, 4) is 0 Å². The van der Waals surface area contributed by atoms with Gasteiger partial charge in [0.15, 0.2) is 0 Å². The van der Waals surface area contributed by atoms with Gasteiger partial charge in [0.1, 0.15) is 0 Å². The third-order valence-electron chi connectivity index (χ3n) is 2.10. The van der Waals surface area contributed by atoms with Crippen molar-refractivity contribution in [3.05, 3.63) is 41.6 Å². The third kappa shape index (κ3) is 2.36. The van der Waals surface area contributed by atoms with Gasteiger partial charge in [0.05, 0.1) is 6.04 Å². The monoisotopic (exact) mass is 365 g/mol. The molecule has 0 saturated carbocycles. The molecule has 15 heavy (non-hydrogen) atoms. The van der Waals surface area contributed by atoms with Gasteiger partial charge in [0, 0.05) is 18.7 Å². The zero-order chi connectivity index (χ0) is 10.8. The molecule has 2 aromatic heterocycles. The van der Waals surface area contributed by atoms with Crippen molar-refractivity contribution in [1.29, 1.82) is 0 Å². The van der Waals surface area contributed by atoms with Crippen molar-refractivity contribution in [2.24, 2.45) is 0 Å². The predicted octanol–water partition coefficient (Wildman–Crippen LogP) is 4.64. The van der Waals surface area contributed by atoms with Crippen LogP contribution in [0.3, 0.4) is 0 Å². The van der Waals surface area contributed by atoms with Gasteiger partial charge in [0.2, 0.25) is 0 Å². The van der Waals surface area contributed by atoms with E-state index in [0.29, 0.717) is 0 Å². The van der Waals surface area contributed by atoms with Gasteiger partial charge in [-0.1, -0.05) is 0 Å². The molecule has 0 aromatic carbocycles. The highest BCUT2D eigenvalue weighted by molar-refractivity contribution is 9.11. The highest BCUT2D eigenvalue weighted by atomic mass is 79.9. The maximum absolute atomic E-state index is 3.58. The van der Waals surface area contributed by atoms with Gasteiger partial charge in [-0.3, -0.25) is 0 Å². The first-order valence-electron chi connectivity index (χ1n) is 4.37. The number of hydrogen-bond donors (Lipinski definition) is 1. The summed E-state index contributed by atoms with van der Waals surface area (Å²) in [6.45, 7) is 0. The first-order valence-corrected chi connectivity index (χ1v) is 7.71. The van der Waals surface area contributed by atoms with Gasteiger partial charge in [-0.25, -0.2) is 0 Å². The molecule has 0 fully saturated rings. The van der Waals surface area contributed by atoms with Gasteiger partial charge in [-0.2, -0.15) is 0 Å². The van der Waals surface area contributed by atoms with Crippen molar-refractivity contribution < 1.29 is 0 Å². The molecule has 0 aliphatic heterocycles. The molecular weight excluding hydrogens is 358 g/mol. The van der Waals surface area contributed by atoms with E-state index in [-0.39, 0.29) is 6.04 Å². The van der Waals surface area contributed by atoms with Crippen LogP contribution >= 0.6 is 54.5 Å². The third-order valence-corrected chi connectivity index (χ3v) is 5.97. The Kier molecular flexibility index (Phi) is 4.01. The average Bonchev–Trinajstić information content (AvgIpc) is 2.80. The summed E-state index contributed by atoms with van der Waals surface area (Å²) in [7, 11) is 1.99. The number of halogens is 2. The molecule has 0 aliphatic carbocycles. The van der Waals surface area contributed by atoms with Gasteiger partial charge in [-0.15, -0.1) is 22.7 Å². The molecule has 0 radical (unpaired) electrons. The second-order valence-electron chi connectivity index (χ2n) is 2.99. The van der Waals surface area contributed by atoms with Crippen LogP contribution in [0.25, 0.3) is 0 Å².